The number of ether oxygens (including phenoxy) is 1. The topological polar surface area (TPSA) is 72.5 Å². The summed E-state index contributed by atoms with van der Waals surface area (Å²) in [5.74, 6) is -0.513. The summed E-state index contributed by atoms with van der Waals surface area (Å²) in [7, 11) is 0. The molecule has 0 spiro atoms. The van der Waals surface area contributed by atoms with Crippen LogP contribution in [0.5, 0.6) is 5.75 Å². The number of benzene rings is 2. The van der Waals surface area contributed by atoms with Gasteiger partial charge in [0, 0.05) is 11.9 Å². The molecule has 17 heavy (non-hydrogen) atoms. The van der Waals surface area contributed by atoms with Gasteiger partial charge in [-0.25, -0.2) is 4.79 Å². The lowest BCUT2D eigenvalue weighted by Gasteiger charge is -2.14. The summed E-state index contributed by atoms with van der Waals surface area (Å²) in [4.78, 5) is 10.9. The average molecular weight is 231 g/mol. The molecule has 0 aliphatic rings. The van der Waals surface area contributed by atoms with Gasteiger partial charge in [0.15, 0.2) is 0 Å². The molecule has 0 aromatic heterocycles. The fourth-order valence-electron chi connectivity index (χ4n) is 1.65. The number of carbonyl (C=O) groups is 1. The van der Waals surface area contributed by atoms with E-state index in [1.54, 1.807) is 6.07 Å². The molecule has 0 aliphatic heterocycles. The highest BCUT2D eigenvalue weighted by molar-refractivity contribution is 5.88. The van der Waals surface area contributed by atoms with Gasteiger partial charge in [0.1, 0.15) is 5.75 Å². The van der Waals surface area contributed by atoms with Crippen molar-refractivity contribution in [2.45, 2.75) is 6.10 Å². The van der Waals surface area contributed by atoms with Crippen LogP contribution in [0.1, 0.15) is 0 Å². The molecule has 0 saturated carbocycles. The van der Waals surface area contributed by atoms with Crippen molar-refractivity contribution in [1.29, 1.82) is 0 Å². The lowest BCUT2D eigenvalue weighted by molar-refractivity contribution is -0.144. The molecule has 3 N–H and O–H groups in total. The maximum absolute atomic E-state index is 10.9. The number of nitrogens with two attached hydrogens (primary N) is 1. The lowest BCUT2D eigenvalue weighted by atomic mass is 10.1. The largest absolute Gasteiger partial charge is 0.478 e. The second-order valence-corrected chi connectivity index (χ2v) is 3.66. The predicted octanol–water partition coefficient (Wildman–Crippen LogP) is 1.63. The zero-order valence-electron chi connectivity index (χ0n) is 9.17. The Morgan fingerprint density at radius 2 is 1.94 bits per heavy atom. The van der Waals surface area contributed by atoms with Gasteiger partial charge in [-0.1, -0.05) is 36.4 Å². The van der Waals surface area contributed by atoms with Gasteiger partial charge < -0.3 is 15.6 Å². The van der Waals surface area contributed by atoms with Crippen LogP contribution in [-0.4, -0.2) is 23.7 Å². The van der Waals surface area contributed by atoms with Gasteiger partial charge in [0.2, 0.25) is 6.10 Å². The second-order valence-electron chi connectivity index (χ2n) is 3.66. The van der Waals surface area contributed by atoms with E-state index in [0.717, 1.165) is 10.8 Å². The SMILES string of the molecule is NCC(Oc1cccc2ccccc12)C(=O)O. The molecular formula is C13H13NO3. The Kier molecular flexibility index (Phi) is 3.25. The molecule has 0 heterocycles. The van der Waals surface area contributed by atoms with Crippen LogP contribution in [0.3, 0.4) is 0 Å². The summed E-state index contributed by atoms with van der Waals surface area (Å²) in [6, 6.07) is 13.2. The minimum absolute atomic E-state index is 0.0570. The van der Waals surface area contributed by atoms with Crippen LogP contribution < -0.4 is 10.5 Å². The van der Waals surface area contributed by atoms with Crippen molar-refractivity contribution in [2.24, 2.45) is 5.73 Å². The minimum Gasteiger partial charge on any atom is -0.478 e. The highest BCUT2D eigenvalue weighted by Crippen LogP contribution is 2.25. The van der Waals surface area contributed by atoms with E-state index in [1.165, 1.54) is 0 Å². The highest BCUT2D eigenvalue weighted by Gasteiger charge is 2.17. The van der Waals surface area contributed by atoms with Crippen molar-refractivity contribution in [3.63, 3.8) is 0 Å². The van der Waals surface area contributed by atoms with Crippen molar-refractivity contribution in [3.8, 4) is 5.75 Å². The Morgan fingerprint density at radius 3 is 2.65 bits per heavy atom. The normalized spacial score (nSPS) is 12.3. The lowest BCUT2D eigenvalue weighted by Crippen LogP contribution is -2.34. The summed E-state index contributed by atoms with van der Waals surface area (Å²) >= 11 is 0. The van der Waals surface area contributed by atoms with Crippen LogP contribution in [0.25, 0.3) is 10.8 Å². The maximum Gasteiger partial charge on any atom is 0.346 e. The Balaban J connectivity index is 2.38. The molecular weight excluding hydrogens is 218 g/mol. The third kappa shape index (κ3) is 2.37. The third-order valence-corrected chi connectivity index (χ3v) is 2.51. The van der Waals surface area contributed by atoms with E-state index in [4.69, 9.17) is 15.6 Å². The van der Waals surface area contributed by atoms with Crippen LogP contribution in [0.2, 0.25) is 0 Å². The van der Waals surface area contributed by atoms with Crippen LogP contribution in [0.15, 0.2) is 42.5 Å². The molecule has 0 radical (unpaired) electrons. The average Bonchev–Trinajstić information content (AvgIpc) is 2.35. The van der Waals surface area contributed by atoms with E-state index in [9.17, 15) is 4.79 Å². The van der Waals surface area contributed by atoms with Crippen LogP contribution in [0.4, 0.5) is 0 Å². The number of carboxylic acid groups (broad SMARTS) is 1. The predicted molar refractivity (Wildman–Crippen MR) is 65.1 cm³/mol. The number of hydrogen-bond donors (Lipinski definition) is 2. The summed E-state index contributed by atoms with van der Waals surface area (Å²) in [5.41, 5.74) is 5.36. The standard InChI is InChI=1S/C13H13NO3/c14-8-12(13(15)16)17-11-7-3-5-9-4-1-2-6-10(9)11/h1-7,12H,8,14H2,(H,15,16). The first kappa shape index (κ1) is 11.4. The molecule has 0 aliphatic carbocycles. The number of carboxylic acids is 1. The molecule has 1 atom stereocenters. The number of rotatable bonds is 4. The fourth-order valence-corrected chi connectivity index (χ4v) is 1.65. The third-order valence-electron chi connectivity index (χ3n) is 2.51. The zero-order chi connectivity index (χ0) is 12.3. The van der Waals surface area contributed by atoms with Crippen molar-refractivity contribution in [2.75, 3.05) is 6.54 Å². The Labute approximate surface area is 98.6 Å². The minimum atomic E-state index is -1.06. The van der Waals surface area contributed by atoms with Crippen molar-refractivity contribution >= 4 is 16.7 Å². The Bertz CT molecular complexity index is 534. The van der Waals surface area contributed by atoms with Crippen molar-refractivity contribution in [3.05, 3.63) is 42.5 Å². The van der Waals surface area contributed by atoms with Crippen LogP contribution >= 0.6 is 0 Å². The van der Waals surface area contributed by atoms with Gasteiger partial charge in [-0.3, -0.25) is 0 Å². The summed E-state index contributed by atoms with van der Waals surface area (Å²) < 4.78 is 5.41. The van der Waals surface area contributed by atoms with E-state index in [1.807, 2.05) is 36.4 Å². The van der Waals surface area contributed by atoms with Gasteiger partial charge in [0.25, 0.3) is 0 Å². The van der Waals surface area contributed by atoms with Gasteiger partial charge >= 0.3 is 5.97 Å². The molecule has 2 rings (SSSR count). The Morgan fingerprint density at radius 1 is 1.24 bits per heavy atom. The number of fused-ring (bicyclic) bond motifs is 1. The molecule has 0 fully saturated rings. The first-order valence-electron chi connectivity index (χ1n) is 5.29. The van der Waals surface area contributed by atoms with E-state index in [0.29, 0.717) is 5.75 Å². The molecule has 0 amide bonds. The van der Waals surface area contributed by atoms with Crippen LogP contribution in [0, 0.1) is 0 Å². The molecule has 4 heteroatoms. The molecule has 2 aromatic rings. The number of hydrogen-bond acceptors (Lipinski definition) is 3. The van der Waals surface area contributed by atoms with E-state index in [-0.39, 0.29) is 6.54 Å². The summed E-state index contributed by atoms with van der Waals surface area (Å²) in [5, 5.41) is 10.8. The van der Waals surface area contributed by atoms with Crippen molar-refractivity contribution in [1.82, 2.24) is 0 Å². The second kappa shape index (κ2) is 4.84. The Hall–Kier alpha value is -2.07. The van der Waals surface area contributed by atoms with Gasteiger partial charge in [-0.05, 0) is 11.5 Å². The van der Waals surface area contributed by atoms with Crippen molar-refractivity contribution < 1.29 is 14.6 Å². The molecule has 4 nitrogen and oxygen atoms in total. The van der Waals surface area contributed by atoms with Gasteiger partial charge in [-0.2, -0.15) is 0 Å². The molecule has 1 unspecified atom stereocenters. The zero-order valence-corrected chi connectivity index (χ0v) is 9.17. The first-order valence-corrected chi connectivity index (χ1v) is 5.29. The quantitative estimate of drug-likeness (QED) is 0.838. The molecule has 0 saturated heterocycles. The van der Waals surface area contributed by atoms with E-state index in [2.05, 4.69) is 0 Å². The summed E-state index contributed by atoms with van der Waals surface area (Å²) in [6.07, 6.45) is -1.01. The van der Waals surface area contributed by atoms with E-state index < -0.39 is 12.1 Å². The van der Waals surface area contributed by atoms with Gasteiger partial charge in [0.05, 0.1) is 0 Å². The maximum atomic E-state index is 10.9. The van der Waals surface area contributed by atoms with Crippen LogP contribution in [-0.2, 0) is 4.79 Å². The fraction of sp³-hybridized carbons (Fsp3) is 0.154. The van der Waals surface area contributed by atoms with E-state index >= 15 is 0 Å². The summed E-state index contributed by atoms with van der Waals surface area (Å²) in [6.45, 7) is -0.0570. The number of aliphatic carboxylic acids is 1. The monoisotopic (exact) mass is 231 g/mol. The highest BCUT2D eigenvalue weighted by atomic mass is 16.5. The first-order chi connectivity index (χ1) is 8.22. The molecule has 0 bridgehead atoms. The molecule has 2 aromatic carbocycles. The smallest absolute Gasteiger partial charge is 0.346 e. The van der Waals surface area contributed by atoms with Gasteiger partial charge in [-0.15, -0.1) is 0 Å². The molecule has 88 valence electrons.